The minimum absolute atomic E-state index is 0.00592. The van der Waals surface area contributed by atoms with Gasteiger partial charge in [0.2, 0.25) is 0 Å². The van der Waals surface area contributed by atoms with Crippen LogP contribution in [0, 0.1) is 10.1 Å². The summed E-state index contributed by atoms with van der Waals surface area (Å²) < 4.78 is 1.95. The number of thiocarbonyl (C=S) groups is 1. The highest BCUT2D eigenvalue weighted by Crippen LogP contribution is 2.32. The largest absolute Gasteiger partial charge is 0.375 e. The number of nitro benzene ring substituents is 1. The monoisotopic (exact) mass is 428 g/mol. The van der Waals surface area contributed by atoms with Gasteiger partial charge in [0.05, 0.1) is 11.1 Å². The predicted molar refractivity (Wildman–Crippen MR) is 114 cm³/mol. The molecule has 0 fully saturated rings. The third-order valence-electron chi connectivity index (χ3n) is 3.76. The number of hydrogen-bond donors (Lipinski definition) is 2. The molecule has 0 aliphatic carbocycles. The standard InChI is InChI=1S/C17H16N8O2S2/c1-2-24-15(11-5-7-19-8-6-11)21-23-17(24)29-14-4-3-13(25(26)27)9-12(14)10-20-22-16(18)28/h3-10H,2H2,1H3,(H3,18,22,28)/b20-10-. The molecule has 0 amide bonds. The molecule has 0 aliphatic rings. The summed E-state index contributed by atoms with van der Waals surface area (Å²) >= 11 is 6.04. The zero-order chi connectivity index (χ0) is 20.8. The van der Waals surface area contributed by atoms with Gasteiger partial charge in [-0.15, -0.1) is 10.2 Å². The Bertz CT molecular complexity index is 1070. The highest BCUT2D eigenvalue weighted by atomic mass is 32.2. The van der Waals surface area contributed by atoms with Gasteiger partial charge in [-0.25, -0.2) is 0 Å². The first-order chi connectivity index (χ1) is 14.0. The van der Waals surface area contributed by atoms with Crippen LogP contribution in [0.1, 0.15) is 12.5 Å². The SMILES string of the molecule is CCn1c(Sc2ccc([N+](=O)[O-])cc2/C=N\NC(N)=S)nnc1-c1ccncc1. The van der Waals surface area contributed by atoms with E-state index >= 15 is 0 Å². The number of nitrogens with zero attached hydrogens (tertiary/aromatic N) is 6. The third-order valence-corrected chi connectivity index (χ3v) is 4.92. The first kappa shape index (κ1) is 20.4. The molecule has 1 aromatic carbocycles. The van der Waals surface area contributed by atoms with Gasteiger partial charge in [-0.05, 0) is 49.1 Å². The number of benzene rings is 1. The maximum atomic E-state index is 11.1. The number of hydrazone groups is 1. The van der Waals surface area contributed by atoms with E-state index in [9.17, 15) is 10.1 Å². The van der Waals surface area contributed by atoms with Crippen molar-refractivity contribution in [3.63, 3.8) is 0 Å². The number of pyridine rings is 1. The van der Waals surface area contributed by atoms with Crippen molar-refractivity contribution in [2.75, 3.05) is 0 Å². The number of nitrogens with two attached hydrogens (primary N) is 1. The van der Waals surface area contributed by atoms with Gasteiger partial charge in [0, 0.05) is 47.1 Å². The molecule has 0 unspecified atom stereocenters. The van der Waals surface area contributed by atoms with Crippen LogP contribution in [0.15, 0.2) is 57.9 Å². The Morgan fingerprint density at radius 2 is 2.14 bits per heavy atom. The average molecular weight is 429 g/mol. The van der Waals surface area contributed by atoms with Crippen molar-refractivity contribution in [1.29, 1.82) is 0 Å². The van der Waals surface area contributed by atoms with Crippen LogP contribution in [0.5, 0.6) is 0 Å². The molecule has 3 aromatic rings. The molecule has 0 aliphatic heterocycles. The molecule has 0 saturated carbocycles. The smallest absolute Gasteiger partial charge is 0.270 e. The van der Waals surface area contributed by atoms with Crippen molar-refractivity contribution in [3.05, 3.63) is 58.4 Å². The molecular formula is C17H16N8O2S2. The molecule has 3 N–H and O–H groups in total. The number of aromatic nitrogens is 4. The Morgan fingerprint density at radius 3 is 2.79 bits per heavy atom. The molecule has 148 valence electrons. The van der Waals surface area contributed by atoms with E-state index in [-0.39, 0.29) is 10.8 Å². The Kier molecular flexibility index (Phi) is 6.46. The van der Waals surface area contributed by atoms with Crippen LogP contribution >= 0.6 is 24.0 Å². The highest BCUT2D eigenvalue weighted by molar-refractivity contribution is 7.99. The van der Waals surface area contributed by atoms with Gasteiger partial charge in [-0.2, -0.15) is 5.10 Å². The fourth-order valence-electron chi connectivity index (χ4n) is 2.47. The summed E-state index contributed by atoms with van der Waals surface area (Å²) in [6.07, 6.45) is 4.80. The van der Waals surface area contributed by atoms with Crippen LogP contribution in [0.2, 0.25) is 0 Å². The van der Waals surface area contributed by atoms with E-state index in [0.717, 1.165) is 5.56 Å². The summed E-state index contributed by atoms with van der Waals surface area (Å²) in [4.78, 5) is 15.4. The third kappa shape index (κ3) is 4.92. The fourth-order valence-corrected chi connectivity index (χ4v) is 3.49. The lowest BCUT2D eigenvalue weighted by molar-refractivity contribution is -0.384. The lowest BCUT2D eigenvalue weighted by atomic mass is 10.2. The Hall–Kier alpha value is -3.38. The van der Waals surface area contributed by atoms with E-state index in [1.54, 1.807) is 18.5 Å². The molecule has 10 nitrogen and oxygen atoms in total. The zero-order valence-corrected chi connectivity index (χ0v) is 16.9. The second-order valence-corrected chi connectivity index (χ2v) is 7.05. The number of non-ortho nitro benzene ring substituents is 1. The molecule has 12 heteroatoms. The lowest BCUT2D eigenvalue weighted by Crippen LogP contribution is -2.24. The normalized spacial score (nSPS) is 10.9. The van der Waals surface area contributed by atoms with Crippen LogP contribution in [0.25, 0.3) is 11.4 Å². The molecular weight excluding hydrogens is 412 g/mol. The van der Waals surface area contributed by atoms with Crippen molar-refractivity contribution in [1.82, 2.24) is 25.2 Å². The first-order valence-corrected chi connectivity index (χ1v) is 9.60. The number of nitro groups is 1. The van der Waals surface area contributed by atoms with E-state index in [1.807, 2.05) is 23.6 Å². The maximum Gasteiger partial charge on any atom is 0.270 e. The zero-order valence-electron chi connectivity index (χ0n) is 15.2. The summed E-state index contributed by atoms with van der Waals surface area (Å²) in [5.74, 6) is 0.713. The summed E-state index contributed by atoms with van der Waals surface area (Å²) in [7, 11) is 0. The molecule has 0 radical (unpaired) electrons. The van der Waals surface area contributed by atoms with E-state index < -0.39 is 4.92 Å². The highest BCUT2D eigenvalue weighted by Gasteiger charge is 2.17. The molecule has 0 spiro atoms. The van der Waals surface area contributed by atoms with Crippen molar-refractivity contribution < 1.29 is 4.92 Å². The second kappa shape index (κ2) is 9.21. The topological polar surface area (TPSA) is 137 Å². The van der Waals surface area contributed by atoms with Gasteiger partial charge in [0.1, 0.15) is 0 Å². The van der Waals surface area contributed by atoms with E-state index in [0.29, 0.717) is 28.0 Å². The predicted octanol–water partition coefficient (Wildman–Crippen LogP) is 2.59. The van der Waals surface area contributed by atoms with Crippen LogP contribution in [0.3, 0.4) is 0 Å². The summed E-state index contributed by atoms with van der Waals surface area (Å²) in [5.41, 5.74) is 9.16. The number of rotatable bonds is 7. The van der Waals surface area contributed by atoms with Gasteiger partial charge in [-0.3, -0.25) is 20.5 Å². The summed E-state index contributed by atoms with van der Waals surface area (Å²) in [6, 6.07) is 8.21. The van der Waals surface area contributed by atoms with Crippen LogP contribution in [-0.4, -0.2) is 36.0 Å². The van der Waals surface area contributed by atoms with Crippen LogP contribution in [0.4, 0.5) is 5.69 Å². The number of hydrogen-bond acceptors (Lipinski definition) is 8. The van der Waals surface area contributed by atoms with Gasteiger partial charge in [0.25, 0.3) is 5.69 Å². The van der Waals surface area contributed by atoms with E-state index in [1.165, 1.54) is 30.1 Å². The second-order valence-electron chi connectivity index (χ2n) is 5.60. The average Bonchev–Trinajstić information content (AvgIpc) is 3.12. The molecule has 0 bridgehead atoms. The molecule has 0 atom stereocenters. The molecule has 29 heavy (non-hydrogen) atoms. The molecule has 3 rings (SSSR count). The van der Waals surface area contributed by atoms with Crippen LogP contribution < -0.4 is 11.2 Å². The van der Waals surface area contributed by atoms with Crippen molar-refractivity contribution in [2.24, 2.45) is 10.8 Å². The van der Waals surface area contributed by atoms with E-state index in [2.05, 4.69) is 25.7 Å². The van der Waals surface area contributed by atoms with Gasteiger partial charge >= 0.3 is 0 Å². The van der Waals surface area contributed by atoms with Gasteiger partial charge < -0.3 is 10.3 Å². The maximum absolute atomic E-state index is 11.1. The fraction of sp³-hybridized carbons (Fsp3) is 0.118. The molecule has 2 heterocycles. The summed E-state index contributed by atoms with van der Waals surface area (Å²) in [5, 5.41) is 24.3. The van der Waals surface area contributed by atoms with Gasteiger partial charge in [-0.1, -0.05) is 0 Å². The summed E-state index contributed by atoms with van der Waals surface area (Å²) in [6.45, 7) is 2.63. The minimum atomic E-state index is -0.469. The Balaban J connectivity index is 1.97. The van der Waals surface area contributed by atoms with Crippen molar-refractivity contribution in [2.45, 2.75) is 23.5 Å². The first-order valence-electron chi connectivity index (χ1n) is 8.38. The molecule has 0 saturated heterocycles. The lowest BCUT2D eigenvalue weighted by Gasteiger charge is -2.09. The Morgan fingerprint density at radius 1 is 1.38 bits per heavy atom. The van der Waals surface area contributed by atoms with Gasteiger partial charge in [0.15, 0.2) is 16.1 Å². The number of nitrogens with one attached hydrogen (secondary N) is 1. The molecule has 2 aromatic heterocycles. The Labute approximate surface area is 175 Å². The van der Waals surface area contributed by atoms with E-state index in [4.69, 9.17) is 18.0 Å². The van der Waals surface area contributed by atoms with Crippen LogP contribution in [-0.2, 0) is 6.54 Å². The van der Waals surface area contributed by atoms with Crippen molar-refractivity contribution >= 4 is 41.0 Å². The quantitative estimate of drug-likeness (QED) is 0.252. The van der Waals surface area contributed by atoms with Crippen molar-refractivity contribution in [3.8, 4) is 11.4 Å². The minimum Gasteiger partial charge on any atom is -0.375 e.